The maximum atomic E-state index is 12.5. The summed E-state index contributed by atoms with van der Waals surface area (Å²) >= 11 is 3.39. The van der Waals surface area contributed by atoms with Crippen LogP contribution in [0, 0.1) is 11.3 Å². The summed E-state index contributed by atoms with van der Waals surface area (Å²) in [6, 6.07) is 16.1. The summed E-state index contributed by atoms with van der Waals surface area (Å²) in [6.45, 7) is 1.45. The Bertz CT molecular complexity index is 1110. The summed E-state index contributed by atoms with van der Waals surface area (Å²) in [5.74, 6) is -0.671. The molecule has 6 nitrogen and oxygen atoms in total. The van der Waals surface area contributed by atoms with Gasteiger partial charge in [-0.2, -0.15) is 10.4 Å². The first-order chi connectivity index (χ1) is 13.5. The Kier molecular flexibility index (Phi) is 5.82. The summed E-state index contributed by atoms with van der Waals surface area (Å²) in [5, 5.41) is 19.0. The van der Waals surface area contributed by atoms with Crippen molar-refractivity contribution in [2.24, 2.45) is 0 Å². The van der Waals surface area contributed by atoms with Crippen LogP contribution in [-0.2, 0) is 4.79 Å². The largest absolute Gasteiger partial charge is 0.321 e. The van der Waals surface area contributed by atoms with Crippen LogP contribution < -0.4 is 5.32 Å². The van der Waals surface area contributed by atoms with Crippen molar-refractivity contribution in [1.29, 1.82) is 5.26 Å². The number of amides is 1. The van der Waals surface area contributed by atoms with Gasteiger partial charge in [-0.1, -0.05) is 40.2 Å². The van der Waals surface area contributed by atoms with Gasteiger partial charge in [-0.05, 0) is 37.3 Å². The normalized spacial score (nSPS) is 11.0. The minimum atomic E-state index is -0.564. The number of rotatable bonds is 5. The molecule has 2 N–H and O–H groups in total. The standard InChI is InChI=1S/C21H15BrN4O2/c1-13(27)15-3-2-4-19(10-15)25-21(28)16(11-23)9-17-12-24-26-20(17)14-5-7-18(22)8-6-14/h2-10,12H,1H3,(H,24,26)(H,25,28)/b16-9+. The molecule has 0 aliphatic heterocycles. The van der Waals surface area contributed by atoms with Crippen LogP contribution in [-0.4, -0.2) is 21.9 Å². The molecule has 0 bridgehead atoms. The van der Waals surface area contributed by atoms with E-state index >= 15 is 0 Å². The van der Waals surface area contributed by atoms with Crippen molar-refractivity contribution < 1.29 is 9.59 Å². The molecule has 1 heterocycles. The first-order valence-electron chi connectivity index (χ1n) is 8.31. The van der Waals surface area contributed by atoms with Crippen LogP contribution in [0.15, 0.2) is 64.8 Å². The van der Waals surface area contributed by atoms with E-state index in [1.165, 1.54) is 13.0 Å². The summed E-state index contributed by atoms with van der Waals surface area (Å²) < 4.78 is 0.942. The second-order valence-corrected chi connectivity index (χ2v) is 6.88. The van der Waals surface area contributed by atoms with Gasteiger partial charge in [0, 0.05) is 26.9 Å². The summed E-state index contributed by atoms with van der Waals surface area (Å²) in [4.78, 5) is 24.0. The zero-order valence-corrected chi connectivity index (χ0v) is 16.4. The van der Waals surface area contributed by atoms with Crippen molar-refractivity contribution in [3.8, 4) is 17.3 Å². The van der Waals surface area contributed by atoms with Gasteiger partial charge in [0.05, 0.1) is 11.9 Å². The van der Waals surface area contributed by atoms with Crippen LogP contribution >= 0.6 is 15.9 Å². The number of halogens is 1. The molecule has 0 aliphatic rings. The number of carbonyl (C=O) groups is 2. The molecule has 3 aromatic rings. The Morgan fingerprint density at radius 1 is 1.21 bits per heavy atom. The van der Waals surface area contributed by atoms with Crippen molar-refractivity contribution >= 4 is 39.4 Å². The highest BCUT2D eigenvalue weighted by atomic mass is 79.9. The first kappa shape index (κ1) is 19.3. The van der Waals surface area contributed by atoms with E-state index < -0.39 is 5.91 Å². The molecule has 0 unspecified atom stereocenters. The predicted molar refractivity (Wildman–Crippen MR) is 110 cm³/mol. The van der Waals surface area contributed by atoms with Gasteiger partial charge >= 0.3 is 0 Å². The van der Waals surface area contributed by atoms with E-state index in [0.29, 0.717) is 22.5 Å². The summed E-state index contributed by atoms with van der Waals surface area (Å²) in [7, 11) is 0. The smallest absolute Gasteiger partial charge is 0.266 e. The Morgan fingerprint density at radius 3 is 2.64 bits per heavy atom. The number of nitriles is 1. The lowest BCUT2D eigenvalue weighted by Gasteiger charge is -2.06. The molecule has 0 fully saturated rings. The Balaban J connectivity index is 1.87. The van der Waals surface area contributed by atoms with Crippen LogP contribution in [0.3, 0.4) is 0 Å². The zero-order valence-electron chi connectivity index (χ0n) is 14.9. The van der Waals surface area contributed by atoms with Gasteiger partial charge in [-0.15, -0.1) is 0 Å². The number of hydrogen-bond acceptors (Lipinski definition) is 4. The molecular weight excluding hydrogens is 420 g/mol. The number of hydrogen-bond donors (Lipinski definition) is 2. The van der Waals surface area contributed by atoms with Crippen LogP contribution in [0.25, 0.3) is 17.3 Å². The number of nitrogens with one attached hydrogen (secondary N) is 2. The van der Waals surface area contributed by atoms with Crippen molar-refractivity contribution in [3.63, 3.8) is 0 Å². The fourth-order valence-electron chi connectivity index (χ4n) is 2.57. The minimum absolute atomic E-state index is 0.0759. The molecule has 3 rings (SSSR count). The maximum Gasteiger partial charge on any atom is 0.266 e. The Morgan fingerprint density at radius 2 is 1.96 bits per heavy atom. The van der Waals surface area contributed by atoms with E-state index in [-0.39, 0.29) is 11.4 Å². The van der Waals surface area contributed by atoms with Crippen LogP contribution in [0.5, 0.6) is 0 Å². The monoisotopic (exact) mass is 434 g/mol. The van der Waals surface area contributed by atoms with Gasteiger partial charge in [0.25, 0.3) is 5.91 Å². The second kappa shape index (κ2) is 8.46. The molecule has 0 aliphatic carbocycles. The fraction of sp³-hybridized carbons (Fsp3) is 0.0476. The maximum absolute atomic E-state index is 12.5. The molecule has 1 aromatic heterocycles. The second-order valence-electron chi connectivity index (χ2n) is 5.97. The lowest BCUT2D eigenvalue weighted by molar-refractivity contribution is -0.112. The van der Waals surface area contributed by atoms with Crippen molar-refractivity contribution in [1.82, 2.24) is 10.2 Å². The number of benzene rings is 2. The number of H-pyrrole nitrogens is 1. The number of aromatic amines is 1. The zero-order chi connectivity index (χ0) is 20.1. The first-order valence-corrected chi connectivity index (χ1v) is 9.10. The molecule has 7 heteroatoms. The fourth-order valence-corrected chi connectivity index (χ4v) is 2.84. The summed E-state index contributed by atoms with van der Waals surface area (Å²) in [5.41, 5.74) is 3.04. The lowest BCUT2D eigenvalue weighted by atomic mass is 10.1. The highest BCUT2D eigenvalue weighted by molar-refractivity contribution is 9.10. The molecule has 0 spiro atoms. The third-order valence-electron chi connectivity index (χ3n) is 3.99. The van der Waals surface area contributed by atoms with Crippen molar-refractivity contribution in [2.45, 2.75) is 6.92 Å². The number of ketones is 1. The van der Waals surface area contributed by atoms with E-state index in [1.54, 1.807) is 30.5 Å². The summed E-state index contributed by atoms with van der Waals surface area (Å²) in [6.07, 6.45) is 3.03. The third kappa shape index (κ3) is 4.42. The highest BCUT2D eigenvalue weighted by Crippen LogP contribution is 2.25. The van der Waals surface area contributed by atoms with Gasteiger partial charge in [-0.25, -0.2) is 0 Å². The van der Waals surface area contributed by atoms with Crippen molar-refractivity contribution in [2.75, 3.05) is 5.32 Å². The number of nitrogens with zero attached hydrogens (tertiary/aromatic N) is 2. The number of carbonyl (C=O) groups excluding carboxylic acids is 2. The Hall–Kier alpha value is -3.50. The Labute approximate surface area is 170 Å². The van der Waals surface area contributed by atoms with E-state index in [0.717, 1.165) is 10.0 Å². The average Bonchev–Trinajstić information content (AvgIpc) is 3.15. The molecule has 0 saturated carbocycles. The molecular formula is C21H15BrN4O2. The number of aromatic nitrogens is 2. The van der Waals surface area contributed by atoms with Crippen molar-refractivity contribution in [3.05, 3.63) is 75.9 Å². The van der Waals surface area contributed by atoms with E-state index in [4.69, 9.17) is 0 Å². The quantitative estimate of drug-likeness (QED) is 0.348. The number of Topliss-reactive ketones (excluding diaryl/α,β-unsaturated/α-hetero) is 1. The van der Waals surface area contributed by atoms with Gasteiger partial charge in [0.2, 0.25) is 0 Å². The van der Waals surface area contributed by atoms with E-state index in [9.17, 15) is 14.9 Å². The van der Waals surface area contributed by atoms with Gasteiger partial charge in [-0.3, -0.25) is 14.7 Å². The van der Waals surface area contributed by atoms with Gasteiger partial charge in [0.1, 0.15) is 11.6 Å². The molecule has 0 radical (unpaired) electrons. The topological polar surface area (TPSA) is 98.6 Å². The highest BCUT2D eigenvalue weighted by Gasteiger charge is 2.13. The van der Waals surface area contributed by atoms with Crippen LogP contribution in [0.4, 0.5) is 5.69 Å². The predicted octanol–water partition coefficient (Wildman–Crippen LogP) is 4.59. The number of anilines is 1. The molecule has 1 amide bonds. The molecule has 138 valence electrons. The van der Waals surface area contributed by atoms with E-state index in [2.05, 4.69) is 31.4 Å². The van der Waals surface area contributed by atoms with Gasteiger partial charge < -0.3 is 5.32 Å². The van der Waals surface area contributed by atoms with Crippen LogP contribution in [0.2, 0.25) is 0 Å². The SMILES string of the molecule is CC(=O)c1cccc(NC(=O)/C(C#N)=C/c2cn[nH]c2-c2ccc(Br)cc2)c1. The molecule has 28 heavy (non-hydrogen) atoms. The molecule has 2 aromatic carbocycles. The molecule has 0 atom stereocenters. The lowest BCUT2D eigenvalue weighted by Crippen LogP contribution is -2.13. The van der Waals surface area contributed by atoms with Gasteiger partial charge in [0.15, 0.2) is 5.78 Å². The minimum Gasteiger partial charge on any atom is -0.321 e. The van der Waals surface area contributed by atoms with E-state index in [1.807, 2.05) is 30.3 Å². The average molecular weight is 435 g/mol. The third-order valence-corrected chi connectivity index (χ3v) is 4.52. The molecule has 0 saturated heterocycles. The van der Waals surface area contributed by atoms with Crippen LogP contribution in [0.1, 0.15) is 22.8 Å².